The van der Waals surface area contributed by atoms with Crippen molar-refractivity contribution in [3.8, 4) is 0 Å². The van der Waals surface area contributed by atoms with E-state index in [1.54, 1.807) is 6.08 Å². The first kappa shape index (κ1) is 23.9. The van der Waals surface area contributed by atoms with Crippen LogP contribution in [0.3, 0.4) is 0 Å². The lowest BCUT2D eigenvalue weighted by molar-refractivity contribution is 0.342. The van der Waals surface area contributed by atoms with E-state index < -0.39 is 0 Å². The summed E-state index contributed by atoms with van der Waals surface area (Å²) in [6.45, 7) is 13.3. The highest BCUT2D eigenvalue weighted by Gasteiger charge is 2.26. The fourth-order valence-corrected chi connectivity index (χ4v) is 3.40. The molecule has 1 heteroatoms. The van der Waals surface area contributed by atoms with Gasteiger partial charge >= 0.3 is 0 Å². The molecule has 0 unspecified atom stereocenters. The molecule has 1 rings (SSSR count). The molecule has 28 heavy (non-hydrogen) atoms. The molecule has 0 atom stereocenters. The Morgan fingerprint density at radius 3 is 2.07 bits per heavy atom. The van der Waals surface area contributed by atoms with Crippen molar-refractivity contribution < 1.29 is 5.11 Å². The third-order valence-corrected chi connectivity index (χ3v) is 5.09. The van der Waals surface area contributed by atoms with Crippen molar-refractivity contribution in [3.63, 3.8) is 0 Å². The van der Waals surface area contributed by atoms with Crippen LogP contribution in [0.5, 0.6) is 0 Å². The molecule has 1 N–H and O–H groups in total. The zero-order chi connectivity index (χ0) is 21.0. The normalized spacial score (nSPS) is 19.9. The van der Waals surface area contributed by atoms with Gasteiger partial charge < -0.3 is 5.11 Å². The summed E-state index contributed by atoms with van der Waals surface area (Å²) in [5.74, 6) is 0. The van der Waals surface area contributed by atoms with Gasteiger partial charge in [0.15, 0.2) is 0 Å². The predicted octanol–water partition coefficient (Wildman–Crippen LogP) is 7.57. The van der Waals surface area contributed by atoms with Crippen molar-refractivity contribution in [3.05, 3.63) is 94.7 Å². The molecule has 0 fully saturated rings. The summed E-state index contributed by atoms with van der Waals surface area (Å²) in [7, 11) is 0. The topological polar surface area (TPSA) is 20.2 Å². The van der Waals surface area contributed by atoms with Gasteiger partial charge in [-0.1, -0.05) is 103 Å². The van der Waals surface area contributed by atoms with E-state index in [-0.39, 0.29) is 6.61 Å². The lowest BCUT2D eigenvalue weighted by Crippen LogP contribution is -2.19. The number of hydrogen-bond acceptors (Lipinski definition) is 1. The van der Waals surface area contributed by atoms with E-state index in [4.69, 9.17) is 5.11 Å². The standard InChI is InChI=1S/C27H38O/c1-22(12-7-8-13-23(2)16-11-21-28)14-9-15-24(3)18-19-26-25(4)17-10-20-27(26,5)6/h7-9,11-16,18-19,28H,10,17,20-21H2,1-6H3/b8-7+,14-9+,16-11+,19-18+,22-12+,23-13+,24-15+. The molecule has 1 aliphatic carbocycles. The molecule has 0 radical (unpaired) electrons. The van der Waals surface area contributed by atoms with Gasteiger partial charge in [-0.15, -0.1) is 0 Å². The number of rotatable bonds is 8. The minimum Gasteiger partial charge on any atom is -0.392 e. The number of aliphatic hydroxyl groups excluding tert-OH is 1. The van der Waals surface area contributed by atoms with E-state index in [9.17, 15) is 0 Å². The molecule has 0 spiro atoms. The van der Waals surface area contributed by atoms with Gasteiger partial charge in [0, 0.05) is 0 Å². The predicted molar refractivity (Wildman–Crippen MR) is 125 cm³/mol. The molecule has 0 bridgehead atoms. The van der Waals surface area contributed by atoms with E-state index in [0.29, 0.717) is 5.41 Å². The molecule has 0 aromatic heterocycles. The Bertz CT molecular complexity index is 743. The van der Waals surface area contributed by atoms with Crippen LogP contribution in [0.25, 0.3) is 0 Å². The van der Waals surface area contributed by atoms with Crippen molar-refractivity contribution in [1.82, 2.24) is 0 Å². The Morgan fingerprint density at radius 1 is 0.893 bits per heavy atom. The second-order valence-electron chi connectivity index (χ2n) is 8.33. The van der Waals surface area contributed by atoms with Crippen LogP contribution >= 0.6 is 0 Å². The van der Waals surface area contributed by atoms with Crippen LogP contribution in [0.15, 0.2) is 94.7 Å². The lowest BCUT2D eigenvalue weighted by Gasteiger charge is -2.32. The third kappa shape index (κ3) is 9.19. The molecule has 0 aliphatic heterocycles. The van der Waals surface area contributed by atoms with Crippen LogP contribution in [0.2, 0.25) is 0 Å². The van der Waals surface area contributed by atoms with Crippen LogP contribution in [-0.2, 0) is 0 Å². The molecule has 152 valence electrons. The summed E-state index contributed by atoms with van der Waals surface area (Å²) < 4.78 is 0. The summed E-state index contributed by atoms with van der Waals surface area (Å²) in [6.07, 6.45) is 26.6. The molecule has 0 amide bonds. The Labute approximate surface area is 172 Å². The number of allylic oxidation sites excluding steroid dienone is 15. The fraction of sp³-hybridized carbons (Fsp3) is 0.407. The summed E-state index contributed by atoms with van der Waals surface area (Å²) in [5.41, 5.74) is 6.92. The van der Waals surface area contributed by atoms with Crippen LogP contribution in [0.1, 0.15) is 60.8 Å². The minimum atomic E-state index is 0.0792. The Balaban J connectivity index is 2.66. The molecule has 1 nitrogen and oxygen atoms in total. The monoisotopic (exact) mass is 378 g/mol. The third-order valence-electron chi connectivity index (χ3n) is 5.09. The average molecular weight is 379 g/mol. The van der Waals surface area contributed by atoms with Gasteiger partial charge in [-0.2, -0.15) is 0 Å². The van der Waals surface area contributed by atoms with Crippen molar-refractivity contribution in [1.29, 1.82) is 0 Å². The summed E-state index contributed by atoms with van der Waals surface area (Å²) in [6, 6.07) is 0. The van der Waals surface area contributed by atoms with Crippen LogP contribution in [0.4, 0.5) is 0 Å². The Hall–Kier alpha value is -2.12. The van der Waals surface area contributed by atoms with E-state index in [0.717, 1.165) is 5.57 Å². The van der Waals surface area contributed by atoms with Crippen molar-refractivity contribution >= 4 is 0 Å². The van der Waals surface area contributed by atoms with E-state index in [1.165, 1.54) is 41.6 Å². The number of aliphatic hydroxyl groups is 1. The molecule has 0 heterocycles. The Kier molecular flexibility index (Phi) is 10.6. The first-order valence-electron chi connectivity index (χ1n) is 10.3. The highest BCUT2D eigenvalue weighted by Crippen LogP contribution is 2.40. The van der Waals surface area contributed by atoms with Gasteiger partial charge in [-0.05, 0) is 57.9 Å². The second kappa shape index (κ2) is 12.4. The molecule has 1 aliphatic rings. The second-order valence-corrected chi connectivity index (χ2v) is 8.33. The summed E-state index contributed by atoms with van der Waals surface area (Å²) in [5, 5.41) is 8.76. The van der Waals surface area contributed by atoms with Gasteiger partial charge in [0.05, 0.1) is 6.61 Å². The van der Waals surface area contributed by atoms with Gasteiger partial charge in [0.25, 0.3) is 0 Å². The van der Waals surface area contributed by atoms with Crippen molar-refractivity contribution in [2.24, 2.45) is 5.41 Å². The molecule has 0 aromatic rings. The van der Waals surface area contributed by atoms with Crippen LogP contribution in [-0.4, -0.2) is 11.7 Å². The van der Waals surface area contributed by atoms with Crippen molar-refractivity contribution in [2.75, 3.05) is 6.61 Å². The first-order valence-corrected chi connectivity index (χ1v) is 10.3. The van der Waals surface area contributed by atoms with Gasteiger partial charge in [0.1, 0.15) is 0 Å². The highest BCUT2D eigenvalue weighted by atomic mass is 16.2. The van der Waals surface area contributed by atoms with Gasteiger partial charge in [-0.25, -0.2) is 0 Å². The fourth-order valence-electron chi connectivity index (χ4n) is 3.40. The molecular weight excluding hydrogens is 340 g/mol. The molecule has 0 aromatic carbocycles. The SMILES string of the molecule is CC1=C(/C=C/C(C)=C/C=C/C(C)=C/C=C/C=C(C)/C=C/CO)C(C)(C)CCC1. The van der Waals surface area contributed by atoms with E-state index >= 15 is 0 Å². The lowest BCUT2D eigenvalue weighted by atomic mass is 9.72. The van der Waals surface area contributed by atoms with Crippen LogP contribution < -0.4 is 0 Å². The zero-order valence-electron chi connectivity index (χ0n) is 18.6. The van der Waals surface area contributed by atoms with Gasteiger partial charge in [-0.3, -0.25) is 0 Å². The van der Waals surface area contributed by atoms with E-state index in [1.807, 2.05) is 31.2 Å². The molecule has 0 saturated carbocycles. The van der Waals surface area contributed by atoms with Crippen molar-refractivity contribution in [2.45, 2.75) is 60.8 Å². The maximum atomic E-state index is 8.76. The summed E-state index contributed by atoms with van der Waals surface area (Å²) in [4.78, 5) is 0. The quantitative estimate of drug-likeness (QED) is 0.432. The van der Waals surface area contributed by atoms with E-state index in [2.05, 4.69) is 71.1 Å². The molecule has 0 saturated heterocycles. The minimum absolute atomic E-state index is 0.0792. The zero-order valence-corrected chi connectivity index (χ0v) is 18.6. The van der Waals surface area contributed by atoms with Gasteiger partial charge in [0.2, 0.25) is 0 Å². The largest absolute Gasteiger partial charge is 0.392 e. The Morgan fingerprint density at radius 2 is 1.46 bits per heavy atom. The summed E-state index contributed by atoms with van der Waals surface area (Å²) >= 11 is 0. The maximum Gasteiger partial charge on any atom is 0.0615 e. The number of hydrogen-bond donors (Lipinski definition) is 1. The first-order chi connectivity index (χ1) is 13.3. The molecular formula is C27H38O. The smallest absolute Gasteiger partial charge is 0.0615 e. The maximum absolute atomic E-state index is 8.76. The van der Waals surface area contributed by atoms with Crippen LogP contribution in [0, 0.1) is 5.41 Å². The average Bonchev–Trinajstić information content (AvgIpc) is 2.62. The highest BCUT2D eigenvalue weighted by molar-refractivity contribution is 5.37.